The van der Waals surface area contributed by atoms with E-state index in [9.17, 15) is 28.0 Å². The number of halogens is 1. The molecule has 2 rings (SSSR count). The fourth-order valence-electron chi connectivity index (χ4n) is 2.43. The Balaban J connectivity index is 2.21. The van der Waals surface area contributed by atoms with E-state index >= 15 is 0 Å². The molecule has 27 heavy (non-hydrogen) atoms. The molecule has 16 heteroatoms. The van der Waals surface area contributed by atoms with Gasteiger partial charge in [-0.2, -0.15) is 4.31 Å². The lowest BCUT2D eigenvalue weighted by Gasteiger charge is -2.29. The van der Waals surface area contributed by atoms with Crippen LogP contribution in [0.25, 0.3) is 0 Å². The van der Waals surface area contributed by atoms with Crippen LogP contribution in [-0.2, 0) is 27.4 Å². The molecule has 1 aromatic heterocycles. The average molecular weight is 434 g/mol. The lowest BCUT2D eigenvalue weighted by Crippen LogP contribution is -2.39. The first-order chi connectivity index (χ1) is 12.4. The van der Waals surface area contributed by atoms with Gasteiger partial charge in [-0.1, -0.05) is 0 Å². The van der Waals surface area contributed by atoms with E-state index in [1.165, 1.54) is 6.92 Å². The zero-order valence-electron chi connectivity index (χ0n) is 13.8. The molecule has 4 N–H and O–H groups in total. The van der Waals surface area contributed by atoms with Crippen LogP contribution >= 0.6 is 15.6 Å². The van der Waals surface area contributed by atoms with Crippen LogP contribution in [0.4, 0.5) is 4.39 Å². The second-order valence-electron chi connectivity index (χ2n) is 5.40. The molecule has 1 aliphatic rings. The first kappa shape index (κ1) is 22.1. The monoisotopic (exact) mass is 434 g/mol. The normalized spacial score (nSPS) is 28.2. The quantitative estimate of drug-likeness (QED) is 0.395. The van der Waals surface area contributed by atoms with Gasteiger partial charge >= 0.3 is 21.3 Å². The van der Waals surface area contributed by atoms with Crippen LogP contribution in [0.1, 0.15) is 19.6 Å². The summed E-state index contributed by atoms with van der Waals surface area (Å²) in [6.45, 7) is 0.505. The van der Waals surface area contributed by atoms with E-state index in [4.69, 9.17) is 19.3 Å². The number of alkyl halides is 1. The number of hydrogen-bond acceptors (Lipinski definition) is 8. The van der Waals surface area contributed by atoms with Crippen LogP contribution in [0, 0.1) is 0 Å². The third-order valence-electron chi connectivity index (χ3n) is 3.34. The molecule has 0 radical (unpaired) electrons. The number of nitrogens with zero attached hydrogens (tertiary/aromatic N) is 1. The molecule has 0 aliphatic carbocycles. The highest BCUT2D eigenvalue weighted by atomic mass is 31.3. The van der Waals surface area contributed by atoms with Gasteiger partial charge < -0.3 is 24.2 Å². The fraction of sp³-hybridized carbons (Fsp3) is 0.636. The van der Waals surface area contributed by atoms with Gasteiger partial charge in [0, 0.05) is 25.3 Å². The van der Waals surface area contributed by atoms with E-state index in [1.807, 2.05) is 4.98 Å². The zero-order valence-corrected chi connectivity index (χ0v) is 15.5. The lowest BCUT2D eigenvalue weighted by atomic mass is 10.1. The van der Waals surface area contributed by atoms with Gasteiger partial charge in [0.25, 0.3) is 5.56 Å². The van der Waals surface area contributed by atoms with Gasteiger partial charge in [-0.05, 0) is 6.92 Å². The van der Waals surface area contributed by atoms with Crippen molar-refractivity contribution < 1.29 is 46.5 Å². The average Bonchev–Trinajstić information content (AvgIpc) is 2.81. The summed E-state index contributed by atoms with van der Waals surface area (Å²) >= 11 is 0. The van der Waals surface area contributed by atoms with Gasteiger partial charge in [0.1, 0.15) is 6.61 Å². The first-order valence-electron chi connectivity index (χ1n) is 7.38. The van der Waals surface area contributed by atoms with Crippen molar-refractivity contribution in [2.45, 2.75) is 31.5 Å². The van der Waals surface area contributed by atoms with Crippen molar-refractivity contribution in [1.29, 1.82) is 0 Å². The Morgan fingerprint density at radius 2 is 2.07 bits per heavy atom. The van der Waals surface area contributed by atoms with Crippen molar-refractivity contribution in [2.24, 2.45) is 0 Å². The van der Waals surface area contributed by atoms with Crippen molar-refractivity contribution in [3.05, 3.63) is 33.1 Å². The van der Waals surface area contributed by atoms with Crippen molar-refractivity contribution in [3.8, 4) is 0 Å². The Morgan fingerprint density at radius 1 is 1.41 bits per heavy atom. The van der Waals surface area contributed by atoms with Gasteiger partial charge in [0.05, 0.1) is 0 Å². The molecular weight excluding hydrogens is 417 g/mol. The number of phosphoric ester groups is 1. The Kier molecular flexibility index (Phi) is 6.57. The van der Waals surface area contributed by atoms with Gasteiger partial charge in [-0.3, -0.25) is 18.9 Å². The summed E-state index contributed by atoms with van der Waals surface area (Å²) in [6.07, 6.45) is -2.95. The number of aromatic nitrogens is 2. The lowest BCUT2D eigenvalue weighted by molar-refractivity contribution is -0.252. The maximum atomic E-state index is 14.5. The highest BCUT2D eigenvalue weighted by molar-refractivity contribution is 7.60. The fourth-order valence-corrected chi connectivity index (χ4v) is 4.05. The van der Waals surface area contributed by atoms with Gasteiger partial charge in [-0.15, -0.1) is 0 Å². The minimum Gasteiger partial charge on any atom is -0.348 e. The van der Waals surface area contributed by atoms with E-state index in [0.717, 1.165) is 16.8 Å². The molecule has 4 unspecified atom stereocenters. The molecule has 1 aliphatic heterocycles. The minimum absolute atomic E-state index is 0.0571. The molecule has 0 aromatic carbocycles. The second-order valence-corrected chi connectivity index (χ2v) is 8.23. The van der Waals surface area contributed by atoms with Crippen LogP contribution < -0.4 is 11.2 Å². The van der Waals surface area contributed by atoms with Crippen molar-refractivity contribution in [2.75, 3.05) is 13.2 Å². The van der Waals surface area contributed by atoms with Gasteiger partial charge in [-0.25, -0.2) is 18.3 Å². The molecule has 0 spiro atoms. The number of phosphoric acid groups is 2. The van der Waals surface area contributed by atoms with E-state index in [2.05, 4.69) is 8.83 Å². The molecule has 1 saturated heterocycles. The smallest absolute Gasteiger partial charge is 0.348 e. The van der Waals surface area contributed by atoms with Crippen molar-refractivity contribution in [3.63, 3.8) is 0 Å². The number of nitrogens with one attached hydrogen (secondary N) is 1. The maximum Gasteiger partial charge on any atom is 0.481 e. The van der Waals surface area contributed by atoms with Gasteiger partial charge in [0.2, 0.25) is 0 Å². The van der Waals surface area contributed by atoms with Crippen LogP contribution in [0.3, 0.4) is 0 Å². The van der Waals surface area contributed by atoms with E-state index in [0.29, 0.717) is 0 Å². The SMILES string of the molecule is CCOC1(COP(=O)(O)OP(=O)(O)O)CC(F)C(n2ccc(=O)[nH]c2=O)O1. The number of aromatic amines is 1. The van der Waals surface area contributed by atoms with Crippen molar-refractivity contribution >= 4 is 15.6 Å². The molecule has 0 bridgehead atoms. The highest BCUT2D eigenvalue weighted by Gasteiger charge is 2.51. The van der Waals surface area contributed by atoms with E-state index in [1.54, 1.807) is 0 Å². The molecule has 0 amide bonds. The second kappa shape index (κ2) is 8.03. The molecule has 13 nitrogen and oxygen atoms in total. The number of ether oxygens (including phenoxy) is 2. The Bertz CT molecular complexity index is 882. The molecule has 154 valence electrons. The standard InChI is InChI=1S/C11H17FN2O11P2/c1-2-22-11(6-23-27(20,21)25-26(17,18)19)5-7(12)9(24-11)14-4-3-8(15)13-10(14)16/h3-4,7,9H,2,5-6H2,1H3,(H,20,21)(H,13,15,16)(H2,17,18,19). The first-order valence-corrected chi connectivity index (χ1v) is 10.4. The van der Waals surface area contributed by atoms with E-state index in [-0.39, 0.29) is 6.61 Å². The van der Waals surface area contributed by atoms with Crippen LogP contribution in [0.15, 0.2) is 21.9 Å². The van der Waals surface area contributed by atoms with Crippen LogP contribution in [-0.4, -0.2) is 49.4 Å². The largest absolute Gasteiger partial charge is 0.481 e. The summed E-state index contributed by atoms with van der Waals surface area (Å²) < 4.78 is 56.2. The summed E-state index contributed by atoms with van der Waals surface area (Å²) in [4.78, 5) is 51.4. The predicted molar refractivity (Wildman–Crippen MR) is 84.2 cm³/mol. The summed E-state index contributed by atoms with van der Waals surface area (Å²) in [5, 5.41) is 0. The predicted octanol–water partition coefficient (Wildman–Crippen LogP) is -0.247. The Morgan fingerprint density at radius 3 is 2.63 bits per heavy atom. The highest BCUT2D eigenvalue weighted by Crippen LogP contribution is 2.58. The number of hydrogen-bond donors (Lipinski definition) is 4. The summed E-state index contributed by atoms with van der Waals surface area (Å²) in [6, 6.07) is 0.963. The topological polar surface area (TPSA) is 187 Å². The number of H-pyrrole nitrogens is 1. The molecule has 0 saturated carbocycles. The summed E-state index contributed by atoms with van der Waals surface area (Å²) in [5.74, 6) is -1.95. The Labute approximate surface area is 150 Å². The van der Waals surface area contributed by atoms with Crippen LogP contribution in [0.5, 0.6) is 0 Å². The molecule has 4 atom stereocenters. The summed E-state index contributed by atoms with van der Waals surface area (Å²) in [5.41, 5.74) is -1.67. The van der Waals surface area contributed by atoms with Crippen LogP contribution in [0.2, 0.25) is 0 Å². The van der Waals surface area contributed by atoms with Crippen molar-refractivity contribution in [1.82, 2.24) is 9.55 Å². The minimum atomic E-state index is -5.34. The molecular formula is C11H17FN2O11P2. The molecule has 1 aromatic rings. The van der Waals surface area contributed by atoms with Gasteiger partial charge in [0.15, 0.2) is 18.2 Å². The summed E-state index contributed by atoms with van der Waals surface area (Å²) in [7, 11) is -10.6. The maximum absolute atomic E-state index is 14.5. The third kappa shape index (κ3) is 5.88. The number of rotatable bonds is 8. The third-order valence-corrected chi connectivity index (χ3v) is 5.47. The zero-order chi connectivity index (χ0) is 20.5. The molecule has 2 heterocycles. The molecule has 1 fully saturated rings. The van der Waals surface area contributed by atoms with E-state index < -0.39 is 58.1 Å². The Hall–Kier alpha value is -1.21.